The number of benzene rings is 1. The molecule has 1 amide bonds. The van der Waals surface area contributed by atoms with Crippen molar-refractivity contribution < 1.29 is 18.7 Å². The number of aliphatic hydroxyl groups excluding tert-OH is 1. The zero-order valence-electron chi connectivity index (χ0n) is 13.6. The summed E-state index contributed by atoms with van der Waals surface area (Å²) in [5.74, 6) is -1.97. The minimum Gasteiger partial charge on any atom is -0.394 e. The van der Waals surface area contributed by atoms with Crippen LogP contribution in [0.5, 0.6) is 0 Å². The van der Waals surface area contributed by atoms with Crippen LogP contribution >= 0.6 is 0 Å². The van der Waals surface area contributed by atoms with Crippen LogP contribution in [0.4, 0.5) is 8.78 Å². The fraction of sp³-hybridized carbons (Fsp3) is 0.588. The number of carbonyl (C=O) groups is 1. The highest BCUT2D eigenvalue weighted by Gasteiger charge is 2.29. The van der Waals surface area contributed by atoms with Crippen LogP contribution in [0.3, 0.4) is 0 Å². The van der Waals surface area contributed by atoms with E-state index in [-0.39, 0.29) is 17.4 Å². The first-order chi connectivity index (χ1) is 10.9. The molecule has 0 spiro atoms. The molecule has 1 unspecified atom stereocenters. The molecule has 1 atom stereocenters. The molecule has 4 nitrogen and oxygen atoms in total. The summed E-state index contributed by atoms with van der Waals surface area (Å²) in [6.45, 7) is 5.34. The quantitative estimate of drug-likeness (QED) is 0.872. The molecule has 23 heavy (non-hydrogen) atoms. The van der Waals surface area contributed by atoms with Gasteiger partial charge in [0, 0.05) is 17.5 Å². The number of carbonyl (C=O) groups excluding carboxylic acids is 1. The third-order valence-electron chi connectivity index (χ3n) is 4.48. The maximum absolute atomic E-state index is 13.8. The van der Waals surface area contributed by atoms with Gasteiger partial charge in [-0.25, -0.2) is 8.78 Å². The van der Waals surface area contributed by atoms with Gasteiger partial charge in [-0.2, -0.15) is 0 Å². The number of piperidine rings is 1. The Kier molecular flexibility index (Phi) is 6.07. The Bertz CT molecular complexity index is 523. The Hall–Kier alpha value is -1.53. The average Bonchev–Trinajstić information content (AvgIpc) is 2.53. The topological polar surface area (TPSA) is 52.6 Å². The van der Waals surface area contributed by atoms with Gasteiger partial charge in [-0.05, 0) is 51.9 Å². The highest BCUT2D eigenvalue weighted by Crippen LogP contribution is 2.23. The van der Waals surface area contributed by atoms with Gasteiger partial charge >= 0.3 is 0 Å². The summed E-state index contributed by atoms with van der Waals surface area (Å²) in [4.78, 5) is 14.6. The average molecular weight is 326 g/mol. The number of rotatable bonds is 5. The van der Waals surface area contributed by atoms with Crippen LogP contribution in [0.2, 0.25) is 0 Å². The number of halogens is 2. The van der Waals surface area contributed by atoms with Crippen molar-refractivity contribution in [3.05, 3.63) is 35.4 Å². The van der Waals surface area contributed by atoms with E-state index in [9.17, 15) is 18.7 Å². The molecule has 6 heteroatoms. The maximum atomic E-state index is 13.8. The number of nitrogens with one attached hydrogen (secondary N) is 1. The van der Waals surface area contributed by atoms with Crippen LogP contribution in [0.25, 0.3) is 0 Å². The van der Waals surface area contributed by atoms with Gasteiger partial charge in [0.2, 0.25) is 5.91 Å². The minimum absolute atomic E-state index is 0.186. The number of amides is 1. The van der Waals surface area contributed by atoms with Gasteiger partial charge in [0.05, 0.1) is 12.6 Å². The van der Waals surface area contributed by atoms with Crippen molar-refractivity contribution in [1.29, 1.82) is 0 Å². The SMILES string of the molecule is CC(C)N1CCC(C(=O)NC(CO)c2c(F)cccc2F)CC1. The molecule has 0 aromatic heterocycles. The number of likely N-dealkylation sites (tertiary alicyclic amines) is 1. The standard InChI is InChI=1S/C17H24F2N2O2/c1-11(2)21-8-6-12(7-9-21)17(23)20-15(10-22)16-13(18)4-3-5-14(16)19/h3-5,11-12,15,22H,6-10H2,1-2H3,(H,20,23). The van der Waals surface area contributed by atoms with Crippen molar-refractivity contribution in [2.45, 2.75) is 38.8 Å². The Balaban J connectivity index is 2.01. The Morgan fingerprint density at radius 3 is 2.35 bits per heavy atom. The van der Waals surface area contributed by atoms with E-state index in [4.69, 9.17) is 0 Å². The molecule has 0 bridgehead atoms. The van der Waals surface area contributed by atoms with E-state index in [1.807, 2.05) is 0 Å². The van der Waals surface area contributed by atoms with Gasteiger partial charge in [0.1, 0.15) is 11.6 Å². The summed E-state index contributed by atoms with van der Waals surface area (Å²) in [5, 5.41) is 12.0. The van der Waals surface area contributed by atoms with Crippen LogP contribution in [0, 0.1) is 17.6 Å². The molecular formula is C17H24F2N2O2. The first-order valence-corrected chi connectivity index (χ1v) is 8.03. The second kappa shape index (κ2) is 7.84. The number of nitrogens with zero attached hydrogens (tertiary/aromatic N) is 1. The number of aliphatic hydroxyl groups is 1. The number of hydrogen-bond acceptors (Lipinski definition) is 3. The predicted molar refractivity (Wildman–Crippen MR) is 83.8 cm³/mol. The zero-order valence-corrected chi connectivity index (χ0v) is 13.6. The van der Waals surface area contributed by atoms with Gasteiger partial charge in [0.15, 0.2) is 0 Å². The lowest BCUT2D eigenvalue weighted by Crippen LogP contribution is -2.44. The molecule has 1 aliphatic heterocycles. The second-order valence-corrected chi connectivity index (χ2v) is 6.28. The minimum atomic E-state index is -1.06. The molecule has 0 radical (unpaired) electrons. The van der Waals surface area contributed by atoms with Crippen molar-refractivity contribution in [2.75, 3.05) is 19.7 Å². The van der Waals surface area contributed by atoms with E-state index >= 15 is 0 Å². The van der Waals surface area contributed by atoms with E-state index < -0.39 is 24.3 Å². The van der Waals surface area contributed by atoms with Gasteiger partial charge in [-0.15, -0.1) is 0 Å². The fourth-order valence-corrected chi connectivity index (χ4v) is 3.02. The Labute approximate surface area is 135 Å². The van der Waals surface area contributed by atoms with E-state index in [2.05, 4.69) is 24.1 Å². The van der Waals surface area contributed by atoms with Gasteiger partial charge in [-0.1, -0.05) is 6.07 Å². The number of hydrogen-bond donors (Lipinski definition) is 2. The zero-order chi connectivity index (χ0) is 17.0. The summed E-state index contributed by atoms with van der Waals surface area (Å²) in [6.07, 6.45) is 1.42. The van der Waals surface area contributed by atoms with Crippen LogP contribution in [-0.2, 0) is 4.79 Å². The molecule has 1 aliphatic rings. The lowest BCUT2D eigenvalue weighted by molar-refractivity contribution is -0.127. The molecule has 1 fully saturated rings. The molecule has 0 aliphatic carbocycles. The monoisotopic (exact) mass is 326 g/mol. The largest absolute Gasteiger partial charge is 0.394 e. The summed E-state index contributed by atoms with van der Waals surface area (Å²) in [7, 11) is 0. The summed E-state index contributed by atoms with van der Waals surface area (Å²) in [6, 6.07) is 2.87. The van der Waals surface area contributed by atoms with Crippen molar-refractivity contribution in [1.82, 2.24) is 10.2 Å². The second-order valence-electron chi connectivity index (χ2n) is 6.28. The van der Waals surface area contributed by atoms with Crippen LogP contribution < -0.4 is 5.32 Å². The molecule has 2 rings (SSSR count). The molecule has 2 N–H and O–H groups in total. The normalized spacial score (nSPS) is 18.2. The van der Waals surface area contributed by atoms with Crippen molar-refractivity contribution >= 4 is 5.91 Å². The molecule has 1 saturated heterocycles. The van der Waals surface area contributed by atoms with E-state index in [1.54, 1.807) is 0 Å². The molecule has 0 saturated carbocycles. The van der Waals surface area contributed by atoms with Gasteiger partial charge in [0.25, 0.3) is 0 Å². The van der Waals surface area contributed by atoms with Crippen LogP contribution in [-0.4, -0.2) is 41.7 Å². The molecule has 1 aromatic rings. The highest BCUT2D eigenvalue weighted by atomic mass is 19.1. The first kappa shape index (κ1) is 17.8. The molecule has 1 heterocycles. The van der Waals surface area contributed by atoms with Gasteiger partial charge in [-0.3, -0.25) is 4.79 Å². The summed E-state index contributed by atoms with van der Waals surface area (Å²) >= 11 is 0. The van der Waals surface area contributed by atoms with E-state index in [0.29, 0.717) is 18.9 Å². The van der Waals surface area contributed by atoms with Crippen molar-refractivity contribution in [3.63, 3.8) is 0 Å². The Morgan fingerprint density at radius 2 is 1.87 bits per heavy atom. The summed E-state index contributed by atoms with van der Waals surface area (Å²) in [5.41, 5.74) is -0.289. The lowest BCUT2D eigenvalue weighted by atomic mass is 9.94. The third kappa shape index (κ3) is 4.26. The van der Waals surface area contributed by atoms with Crippen molar-refractivity contribution in [3.8, 4) is 0 Å². The fourth-order valence-electron chi connectivity index (χ4n) is 3.02. The van der Waals surface area contributed by atoms with Crippen LogP contribution in [0.1, 0.15) is 38.3 Å². The molecule has 1 aromatic carbocycles. The van der Waals surface area contributed by atoms with E-state index in [1.165, 1.54) is 6.07 Å². The smallest absolute Gasteiger partial charge is 0.223 e. The predicted octanol–water partition coefficient (Wildman–Crippen LogP) is 2.23. The third-order valence-corrected chi connectivity index (χ3v) is 4.48. The summed E-state index contributed by atoms with van der Waals surface area (Å²) < 4.78 is 27.6. The highest BCUT2D eigenvalue weighted by molar-refractivity contribution is 5.79. The van der Waals surface area contributed by atoms with Gasteiger partial charge < -0.3 is 15.3 Å². The first-order valence-electron chi connectivity index (χ1n) is 8.03. The van der Waals surface area contributed by atoms with Crippen molar-refractivity contribution in [2.24, 2.45) is 5.92 Å². The van der Waals surface area contributed by atoms with Crippen LogP contribution in [0.15, 0.2) is 18.2 Å². The maximum Gasteiger partial charge on any atom is 0.223 e. The molecular weight excluding hydrogens is 302 g/mol. The molecule has 128 valence electrons. The van der Waals surface area contributed by atoms with E-state index in [0.717, 1.165) is 25.2 Å². The Morgan fingerprint density at radius 1 is 1.30 bits per heavy atom. The lowest BCUT2D eigenvalue weighted by Gasteiger charge is -2.34.